The number of piperazine rings is 1. The summed E-state index contributed by atoms with van der Waals surface area (Å²) in [7, 11) is 0. The Kier molecular flexibility index (Phi) is 5.89. The summed E-state index contributed by atoms with van der Waals surface area (Å²) in [5.41, 5.74) is 1.56. The molecule has 0 spiro atoms. The summed E-state index contributed by atoms with van der Waals surface area (Å²) in [6.45, 7) is 6.50. The summed E-state index contributed by atoms with van der Waals surface area (Å²) in [4.78, 5) is 5.54. The Balaban J connectivity index is 1.20. The third kappa shape index (κ3) is 4.54. The largest absolute Gasteiger partial charge is 0.301 e. The molecule has 1 unspecified atom stereocenters. The lowest BCUT2D eigenvalue weighted by atomic mass is 9.81. The standard InChI is InChI=1S/C23H34N2/c1-3-7-20(8-4-1)19-24-15-17-25(18-16-24)23-13-11-22(12-14-23)21-9-5-2-6-10-21/h1-3,5-6,9-10,20,22-23H,4,7-8,11-19H2. The van der Waals surface area contributed by atoms with Gasteiger partial charge in [-0.15, -0.1) is 0 Å². The Morgan fingerprint density at radius 3 is 2.24 bits per heavy atom. The second-order valence-corrected chi connectivity index (χ2v) is 8.40. The van der Waals surface area contributed by atoms with E-state index in [0.717, 1.165) is 17.9 Å². The minimum atomic E-state index is 0.804. The zero-order chi connectivity index (χ0) is 16.9. The zero-order valence-corrected chi connectivity index (χ0v) is 15.7. The van der Waals surface area contributed by atoms with Gasteiger partial charge in [0.1, 0.15) is 0 Å². The van der Waals surface area contributed by atoms with E-state index in [1.165, 1.54) is 77.7 Å². The number of rotatable bonds is 4. The van der Waals surface area contributed by atoms with Crippen molar-refractivity contribution in [3.8, 4) is 0 Å². The minimum absolute atomic E-state index is 0.804. The van der Waals surface area contributed by atoms with Crippen LogP contribution < -0.4 is 0 Å². The van der Waals surface area contributed by atoms with Crippen LogP contribution in [0.5, 0.6) is 0 Å². The quantitative estimate of drug-likeness (QED) is 0.735. The van der Waals surface area contributed by atoms with E-state index >= 15 is 0 Å². The third-order valence-corrected chi connectivity index (χ3v) is 6.79. The number of allylic oxidation sites excluding steroid dienone is 2. The van der Waals surface area contributed by atoms with Crippen molar-refractivity contribution >= 4 is 0 Å². The van der Waals surface area contributed by atoms with Gasteiger partial charge < -0.3 is 4.90 Å². The van der Waals surface area contributed by atoms with Crippen LogP contribution in [0.3, 0.4) is 0 Å². The summed E-state index contributed by atoms with van der Waals surface area (Å²) in [6, 6.07) is 12.0. The van der Waals surface area contributed by atoms with Gasteiger partial charge in [0.25, 0.3) is 0 Å². The molecule has 1 aromatic carbocycles. The molecule has 2 heteroatoms. The molecule has 4 rings (SSSR count). The third-order valence-electron chi connectivity index (χ3n) is 6.79. The van der Waals surface area contributed by atoms with Crippen LogP contribution in [0.25, 0.3) is 0 Å². The average Bonchev–Trinajstić information content (AvgIpc) is 2.70. The fourth-order valence-electron chi connectivity index (χ4n) is 5.20. The van der Waals surface area contributed by atoms with Gasteiger partial charge in [-0.05, 0) is 62.3 Å². The van der Waals surface area contributed by atoms with Crippen molar-refractivity contribution in [2.45, 2.75) is 56.9 Å². The first-order chi connectivity index (χ1) is 12.4. The first kappa shape index (κ1) is 17.3. The van der Waals surface area contributed by atoms with Gasteiger partial charge in [-0.1, -0.05) is 42.5 Å². The smallest absolute Gasteiger partial charge is 0.0113 e. The van der Waals surface area contributed by atoms with E-state index in [9.17, 15) is 0 Å². The fraction of sp³-hybridized carbons (Fsp3) is 0.652. The van der Waals surface area contributed by atoms with Gasteiger partial charge in [-0.3, -0.25) is 4.90 Å². The summed E-state index contributed by atoms with van der Waals surface area (Å²) >= 11 is 0. The molecule has 1 heterocycles. The first-order valence-corrected chi connectivity index (χ1v) is 10.5. The Morgan fingerprint density at radius 1 is 0.800 bits per heavy atom. The Labute approximate surface area is 153 Å². The number of hydrogen-bond donors (Lipinski definition) is 0. The molecule has 1 atom stereocenters. The number of benzene rings is 1. The van der Waals surface area contributed by atoms with Crippen LogP contribution in [0.1, 0.15) is 56.4 Å². The second-order valence-electron chi connectivity index (χ2n) is 8.40. The van der Waals surface area contributed by atoms with Gasteiger partial charge in [-0.25, -0.2) is 0 Å². The van der Waals surface area contributed by atoms with E-state index in [2.05, 4.69) is 52.3 Å². The van der Waals surface area contributed by atoms with Crippen LogP contribution in [0.15, 0.2) is 42.5 Å². The second kappa shape index (κ2) is 8.51. The zero-order valence-electron chi connectivity index (χ0n) is 15.7. The van der Waals surface area contributed by atoms with E-state index < -0.39 is 0 Å². The molecule has 0 aromatic heterocycles. The summed E-state index contributed by atoms with van der Waals surface area (Å²) in [6.07, 6.45) is 14.3. The molecular formula is C23H34N2. The SMILES string of the molecule is C1=CCC(CN2CCN(C3CCC(c4ccccc4)CC3)CC2)CC1. The lowest BCUT2D eigenvalue weighted by Gasteiger charge is -2.43. The summed E-state index contributed by atoms with van der Waals surface area (Å²) in [5, 5.41) is 0. The maximum atomic E-state index is 2.80. The van der Waals surface area contributed by atoms with Crippen molar-refractivity contribution in [1.82, 2.24) is 9.80 Å². The number of nitrogens with zero attached hydrogens (tertiary/aromatic N) is 2. The molecular weight excluding hydrogens is 304 g/mol. The van der Waals surface area contributed by atoms with Crippen molar-refractivity contribution in [3.63, 3.8) is 0 Å². The van der Waals surface area contributed by atoms with Crippen LogP contribution in [0.2, 0.25) is 0 Å². The average molecular weight is 339 g/mol. The van der Waals surface area contributed by atoms with Gasteiger partial charge in [0.05, 0.1) is 0 Å². The fourth-order valence-corrected chi connectivity index (χ4v) is 5.20. The van der Waals surface area contributed by atoms with Crippen molar-refractivity contribution in [2.24, 2.45) is 5.92 Å². The van der Waals surface area contributed by atoms with Gasteiger partial charge in [0.15, 0.2) is 0 Å². The highest BCUT2D eigenvalue weighted by atomic mass is 15.3. The predicted molar refractivity (Wildman–Crippen MR) is 106 cm³/mol. The Morgan fingerprint density at radius 2 is 1.56 bits per heavy atom. The summed E-state index contributed by atoms with van der Waals surface area (Å²) < 4.78 is 0. The molecule has 2 fully saturated rings. The lowest BCUT2D eigenvalue weighted by Crippen LogP contribution is -2.51. The van der Waals surface area contributed by atoms with E-state index in [4.69, 9.17) is 0 Å². The van der Waals surface area contributed by atoms with Gasteiger partial charge in [-0.2, -0.15) is 0 Å². The van der Waals surface area contributed by atoms with Gasteiger partial charge in [0.2, 0.25) is 0 Å². The molecule has 1 aromatic rings. The van der Waals surface area contributed by atoms with Gasteiger partial charge >= 0.3 is 0 Å². The highest BCUT2D eigenvalue weighted by Gasteiger charge is 2.29. The van der Waals surface area contributed by atoms with E-state index in [1.807, 2.05) is 0 Å². The normalized spacial score (nSPS) is 31.9. The molecule has 2 nitrogen and oxygen atoms in total. The van der Waals surface area contributed by atoms with Crippen molar-refractivity contribution in [3.05, 3.63) is 48.0 Å². The maximum absolute atomic E-state index is 2.80. The molecule has 1 aliphatic heterocycles. The maximum Gasteiger partial charge on any atom is 0.0113 e. The Hall–Kier alpha value is -1.12. The topological polar surface area (TPSA) is 6.48 Å². The lowest BCUT2D eigenvalue weighted by molar-refractivity contribution is 0.0675. The van der Waals surface area contributed by atoms with E-state index in [0.29, 0.717) is 0 Å². The highest BCUT2D eigenvalue weighted by molar-refractivity contribution is 5.20. The molecule has 3 aliphatic rings. The molecule has 25 heavy (non-hydrogen) atoms. The number of hydrogen-bond acceptors (Lipinski definition) is 2. The van der Waals surface area contributed by atoms with Crippen molar-refractivity contribution in [2.75, 3.05) is 32.7 Å². The van der Waals surface area contributed by atoms with Crippen molar-refractivity contribution < 1.29 is 0 Å². The molecule has 0 bridgehead atoms. The highest BCUT2D eigenvalue weighted by Crippen LogP contribution is 2.35. The van der Waals surface area contributed by atoms with Crippen LogP contribution in [-0.2, 0) is 0 Å². The molecule has 1 saturated carbocycles. The van der Waals surface area contributed by atoms with Crippen LogP contribution in [0, 0.1) is 5.92 Å². The van der Waals surface area contributed by atoms with E-state index in [-0.39, 0.29) is 0 Å². The van der Waals surface area contributed by atoms with Crippen LogP contribution >= 0.6 is 0 Å². The van der Waals surface area contributed by atoms with E-state index in [1.54, 1.807) is 5.56 Å². The van der Waals surface area contributed by atoms with Crippen LogP contribution in [0.4, 0.5) is 0 Å². The summed E-state index contributed by atoms with van der Waals surface area (Å²) in [5.74, 6) is 1.72. The Bertz CT molecular complexity index is 536. The molecule has 136 valence electrons. The van der Waals surface area contributed by atoms with Gasteiger partial charge in [0, 0.05) is 38.8 Å². The molecule has 0 amide bonds. The molecule has 2 aliphatic carbocycles. The molecule has 0 N–H and O–H groups in total. The predicted octanol–water partition coefficient (Wildman–Crippen LogP) is 4.69. The minimum Gasteiger partial charge on any atom is -0.301 e. The molecule has 0 radical (unpaired) electrons. The first-order valence-electron chi connectivity index (χ1n) is 10.5. The molecule has 1 saturated heterocycles. The van der Waals surface area contributed by atoms with Crippen LogP contribution in [-0.4, -0.2) is 48.6 Å². The monoisotopic (exact) mass is 338 g/mol. The van der Waals surface area contributed by atoms with Crippen molar-refractivity contribution in [1.29, 1.82) is 0 Å².